The monoisotopic (exact) mass is 508 g/mol. The lowest BCUT2D eigenvalue weighted by atomic mass is 9.82. The highest BCUT2D eigenvalue weighted by Crippen LogP contribution is 2.41. The normalized spacial score (nSPS) is 24.0. The Hall–Kier alpha value is -2.22. The van der Waals surface area contributed by atoms with Gasteiger partial charge in [0.2, 0.25) is 0 Å². The molecule has 1 aromatic carbocycles. The van der Waals surface area contributed by atoms with Crippen LogP contribution in [-0.4, -0.2) is 90.6 Å². The van der Waals surface area contributed by atoms with E-state index in [1.165, 1.54) is 50.8 Å². The number of esters is 1. The molecule has 4 aliphatic heterocycles. The van der Waals surface area contributed by atoms with Crippen LogP contribution in [-0.2, 0) is 20.9 Å². The van der Waals surface area contributed by atoms with Gasteiger partial charge in [0, 0.05) is 50.6 Å². The van der Waals surface area contributed by atoms with Crippen molar-refractivity contribution in [3.63, 3.8) is 0 Å². The molecule has 0 unspecified atom stereocenters. The lowest BCUT2D eigenvalue weighted by molar-refractivity contribution is -0.151. The van der Waals surface area contributed by atoms with Gasteiger partial charge in [0.05, 0.1) is 5.57 Å². The predicted molar refractivity (Wildman–Crippen MR) is 145 cm³/mol. The lowest BCUT2D eigenvalue weighted by Gasteiger charge is -2.40. The molecule has 0 atom stereocenters. The SMILES string of the molecule is CC1=C(C(=O)NCCCN2CCC(N3CCCCC3)CC2)C2(CCN(Cc3ccccc3)CC2)OC1=O. The van der Waals surface area contributed by atoms with Crippen molar-refractivity contribution in [1.82, 2.24) is 20.0 Å². The molecule has 3 saturated heterocycles. The minimum atomic E-state index is -0.769. The van der Waals surface area contributed by atoms with Crippen LogP contribution in [0.1, 0.15) is 63.9 Å². The molecular formula is C30H44N4O3. The molecular weight excluding hydrogens is 464 g/mol. The van der Waals surface area contributed by atoms with Crippen LogP contribution in [0.5, 0.6) is 0 Å². The number of carbonyl (C=O) groups excluding carboxylic acids is 2. The highest BCUT2D eigenvalue weighted by molar-refractivity contribution is 6.07. The Bertz CT molecular complexity index is 956. The molecule has 1 aromatic rings. The number of nitrogens with zero attached hydrogens (tertiary/aromatic N) is 3. The molecule has 1 amide bonds. The third kappa shape index (κ3) is 6.27. The lowest BCUT2D eigenvalue weighted by Crippen LogP contribution is -2.49. The van der Waals surface area contributed by atoms with E-state index in [-0.39, 0.29) is 11.9 Å². The zero-order chi connectivity index (χ0) is 25.7. The Balaban J connectivity index is 1.06. The van der Waals surface area contributed by atoms with E-state index in [2.05, 4.69) is 44.3 Å². The van der Waals surface area contributed by atoms with Crippen molar-refractivity contribution in [2.75, 3.05) is 52.4 Å². The van der Waals surface area contributed by atoms with Crippen LogP contribution in [0.2, 0.25) is 0 Å². The molecule has 3 fully saturated rings. The zero-order valence-electron chi connectivity index (χ0n) is 22.6. The quantitative estimate of drug-likeness (QED) is 0.429. The number of piperidine rings is 3. The Morgan fingerprint density at radius 3 is 2.38 bits per heavy atom. The number of nitrogens with one attached hydrogen (secondary N) is 1. The molecule has 0 bridgehead atoms. The van der Waals surface area contributed by atoms with E-state index < -0.39 is 5.60 Å². The maximum absolute atomic E-state index is 13.3. The summed E-state index contributed by atoms with van der Waals surface area (Å²) in [6, 6.07) is 11.2. The van der Waals surface area contributed by atoms with E-state index >= 15 is 0 Å². The maximum atomic E-state index is 13.3. The first-order chi connectivity index (χ1) is 18.0. The second kappa shape index (κ2) is 12.1. The third-order valence-corrected chi connectivity index (χ3v) is 8.97. The average molecular weight is 509 g/mol. The zero-order valence-corrected chi connectivity index (χ0v) is 22.6. The number of likely N-dealkylation sites (tertiary alicyclic amines) is 3. The minimum Gasteiger partial charge on any atom is -0.450 e. The number of ether oxygens (including phenoxy) is 1. The molecule has 5 rings (SSSR count). The van der Waals surface area contributed by atoms with Gasteiger partial charge in [-0.25, -0.2) is 4.79 Å². The first kappa shape index (κ1) is 26.4. The minimum absolute atomic E-state index is 0.122. The largest absolute Gasteiger partial charge is 0.450 e. The van der Waals surface area contributed by atoms with E-state index in [0.29, 0.717) is 30.5 Å². The number of carbonyl (C=O) groups is 2. The molecule has 202 valence electrons. The standard InChI is InChI=1S/C30H44N4O3/c1-24-27(30(37-29(24)36)13-21-33(22-14-30)23-25-9-4-2-5-10-25)28(35)31-15-8-16-32-19-11-26(12-20-32)34-17-6-3-7-18-34/h2,4-5,9-10,26H,3,6-8,11-23H2,1H3,(H,31,35). The second-order valence-electron chi connectivity index (χ2n) is 11.4. The summed E-state index contributed by atoms with van der Waals surface area (Å²) in [7, 11) is 0. The van der Waals surface area contributed by atoms with Crippen molar-refractivity contribution < 1.29 is 14.3 Å². The van der Waals surface area contributed by atoms with Crippen molar-refractivity contribution >= 4 is 11.9 Å². The summed E-state index contributed by atoms with van der Waals surface area (Å²) in [5.41, 5.74) is 1.56. The first-order valence-electron chi connectivity index (χ1n) is 14.5. The number of hydrogen-bond donors (Lipinski definition) is 1. The molecule has 7 heteroatoms. The summed E-state index contributed by atoms with van der Waals surface area (Å²) in [6.45, 7) is 10.8. The molecule has 0 aromatic heterocycles. The molecule has 1 spiro atoms. The summed E-state index contributed by atoms with van der Waals surface area (Å²) in [5, 5.41) is 3.12. The predicted octanol–water partition coefficient (Wildman–Crippen LogP) is 3.35. The summed E-state index contributed by atoms with van der Waals surface area (Å²) in [6.07, 6.45) is 8.91. The van der Waals surface area contributed by atoms with Gasteiger partial charge in [-0.1, -0.05) is 36.8 Å². The third-order valence-electron chi connectivity index (χ3n) is 8.97. The summed E-state index contributed by atoms with van der Waals surface area (Å²) < 4.78 is 5.88. The van der Waals surface area contributed by atoms with E-state index in [0.717, 1.165) is 51.7 Å². The van der Waals surface area contributed by atoms with E-state index in [4.69, 9.17) is 4.74 Å². The Morgan fingerprint density at radius 1 is 0.973 bits per heavy atom. The number of amides is 1. The second-order valence-corrected chi connectivity index (χ2v) is 11.4. The molecule has 37 heavy (non-hydrogen) atoms. The van der Waals surface area contributed by atoms with Gasteiger partial charge in [0.25, 0.3) is 5.91 Å². The van der Waals surface area contributed by atoms with Crippen LogP contribution in [0.3, 0.4) is 0 Å². The fraction of sp³-hybridized carbons (Fsp3) is 0.667. The van der Waals surface area contributed by atoms with Gasteiger partial charge in [-0.2, -0.15) is 0 Å². The Kier molecular flexibility index (Phi) is 8.63. The van der Waals surface area contributed by atoms with Crippen LogP contribution in [0.15, 0.2) is 41.5 Å². The summed E-state index contributed by atoms with van der Waals surface area (Å²) in [5.74, 6) is -0.457. The molecule has 1 N–H and O–H groups in total. The van der Waals surface area contributed by atoms with E-state index in [1.54, 1.807) is 6.92 Å². The molecule has 0 radical (unpaired) electrons. The topological polar surface area (TPSA) is 65.1 Å². The highest BCUT2D eigenvalue weighted by atomic mass is 16.6. The molecule has 7 nitrogen and oxygen atoms in total. The Labute approximate surface area is 222 Å². The van der Waals surface area contributed by atoms with Crippen molar-refractivity contribution in [3.05, 3.63) is 47.0 Å². The van der Waals surface area contributed by atoms with Crippen molar-refractivity contribution in [2.45, 2.75) is 76.5 Å². The van der Waals surface area contributed by atoms with Gasteiger partial charge in [0.15, 0.2) is 0 Å². The van der Waals surface area contributed by atoms with Gasteiger partial charge in [-0.15, -0.1) is 0 Å². The molecule has 0 saturated carbocycles. The average Bonchev–Trinajstić information content (AvgIpc) is 3.18. The summed E-state index contributed by atoms with van der Waals surface area (Å²) in [4.78, 5) is 33.4. The van der Waals surface area contributed by atoms with Crippen molar-refractivity contribution in [1.29, 1.82) is 0 Å². The first-order valence-corrected chi connectivity index (χ1v) is 14.5. The van der Waals surface area contributed by atoms with Gasteiger partial charge in [-0.3, -0.25) is 9.69 Å². The van der Waals surface area contributed by atoms with Gasteiger partial charge in [-0.05, 0) is 77.3 Å². The van der Waals surface area contributed by atoms with Crippen LogP contribution in [0, 0.1) is 0 Å². The van der Waals surface area contributed by atoms with E-state index in [1.807, 2.05) is 6.07 Å². The molecule has 4 heterocycles. The summed E-state index contributed by atoms with van der Waals surface area (Å²) >= 11 is 0. The van der Waals surface area contributed by atoms with Gasteiger partial charge < -0.3 is 19.9 Å². The number of hydrogen-bond acceptors (Lipinski definition) is 6. The maximum Gasteiger partial charge on any atom is 0.335 e. The van der Waals surface area contributed by atoms with E-state index in [9.17, 15) is 9.59 Å². The fourth-order valence-corrected chi connectivity index (χ4v) is 6.78. The van der Waals surface area contributed by atoms with Crippen LogP contribution in [0.25, 0.3) is 0 Å². The fourth-order valence-electron chi connectivity index (χ4n) is 6.78. The highest BCUT2D eigenvalue weighted by Gasteiger charge is 2.50. The van der Waals surface area contributed by atoms with Gasteiger partial charge >= 0.3 is 5.97 Å². The van der Waals surface area contributed by atoms with Crippen molar-refractivity contribution in [2.24, 2.45) is 0 Å². The Morgan fingerprint density at radius 2 is 1.68 bits per heavy atom. The molecule has 0 aliphatic carbocycles. The van der Waals surface area contributed by atoms with Gasteiger partial charge in [0.1, 0.15) is 5.60 Å². The smallest absolute Gasteiger partial charge is 0.335 e. The molecule has 4 aliphatic rings. The van der Waals surface area contributed by atoms with Crippen LogP contribution >= 0.6 is 0 Å². The number of rotatable bonds is 8. The van der Waals surface area contributed by atoms with Crippen molar-refractivity contribution in [3.8, 4) is 0 Å². The van der Waals surface area contributed by atoms with Crippen LogP contribution in [0.4, 0.5) is 0 Å². The van der Waals surface area contributed by atoms with Crippen LogP contribution < -0.4 is 5.32 Å². The number of benzene rings is 1.